The lowest BCUT2D eigenvalue weighted by Gasteiger charge is -2.22. The fraction of sp³-hybridized carbons (Fsp3) is 0.350. The lowest BCUT2D eigenvalue weighted by atomic mass is 10.1. The molecule has 4 rings (SSSR count). The number of ether oxygens (including phenoxy) is 1. The second-order valence-electron chi connectivity index (χ2n) is 7.40. The SMILES string of the molecule is CS(=O)(=O)N1CCC[C@H]1Cn1c(=O)oc2ccc(-c3ccc(OC(F)(F)F)cc3)cc21. The molecular formula is C20H19F3N2O5S. The number of hydrogen-bond donors (Lipinski definition) is 0. The van der Waals surface area contributed by atoms with Crippen LogP contribution in [0.2, 0.25) is 0 Å². The molecule has 31 heavy (non-hydrogen) atoms. The molecule has 0 unspecified atom stereocenters. The zero-order valence-corrected chi connectivity index (χ0v) is 17.2. The Labute approximate surface area is 175 Å². The Morgan fingerprint density at radius 1 is 1.13 bits per heavy atom. The predicted octanol–water partition coefficient (Wildman–Crippen LogP) is 3.58. The van der Waals surface area contributed by atoms with Gasteiger partial charge in [-0.05, 0) is 48.2 Å². The number of alkyl halides is 3. The fourth-order valence-corrected chi connectivity index (χ4v) is 5.08. The van der Waals surface area contributed by atoms with Crippen LogP contribution < -0.4 is 10.5 Å². The van der Waals surface area contributed by atoms with E-state index in [1.807, 2.05) is 0 Å². The summed E-state index contributed by atoms with van der Waals surface area (Å²) < 4.78 is 73.0. The molecule has 0 radical (unpaired) electrons. The highest BCUT2D eigenvalue weighted by atomic mass is 32.2. The second kappa shape index (κ2) is 7.72. The van der Waals surface area contributed by atoms with Crippen LogP contribution in [-0.4, -0.2) is 42.5 Å². The molecule has 0 spiro atoms. The molecule has 1 aliphatic heterocycles. The van der Waals surface area contributed by atoms with Gasteiger partial charge in [-0.15, -0.1) is 13.2 Å². The average molecular weight is 456 g/mol. The molecule has 2 heterocycles. The molecule has 166 valence electrons. The van der Waals surface area contributed by atoms with Crippen molar-refractivity contribution in [2.45, 2.75) is 31.8 Å². The van der Waals surface area contributed by atoms with Gasteiger partial charge >= 0.3 is 12.1 Å². The number of fused-ring (bicyclic) bond motifs is 1. The Morgan fingerprint density at radius 3 is 2.45 bits per heavy atom. The van der Waals surface area contributed by atoms with Gasteiger partial charge in [0.15, 0.2) is 5.58 Å². The van der Waals surface area contributed by atoms with Crippen LogP contribution in [0.4, 0.5) is 13.2 Å². The Hall–Kier alpha value is -2.79. The minimum absolute atomic E-state index is 0.153. The maximum atomic E-state index is 12.4. The highest BCUT2D eigenvalue weighted by Gasteiger charge is 2.33. The van der Waals surface area contributed by atoms with Gasteiger partial charge in [-0.25, -0.2) is 13.2 Å². The van der Waals surface area contributed by atoms with Crippen molar-refractivity contribution in [1.29, 1.82) is 0 Å². The van der Waals surface area contributed by atoms with E-state index in [1.165, 1.54) is 33.1 Å². The van der Waals surface area contributed by atoms with Crippen molar-refractivity contribution < 1.29 is 30.7 Å². The van der Waals surface area contributed by atoms with E-state index in [0.717, 1.165) is 6.26 Å². The summed E-state index contributed by atoms with van der Waals surface area (Å²) in [6.45, 7) is 0.562. The van der Waals surface area contributed by atoms with Crippen molar-refractivity contribution in [2.75, 3.05) is 12.8 Å². The first-order chi connectivity index (χ1) is 14.5. The van der Waals surface area contributed by atoms with Gasteiger partial charge < -0.3 is 9.15 Å². The van der Waals surface area contributed by atoms with E-state index in [0.29, 0.717) is 41.6 Å². The quantitative estimate of drug-likeness (QED) is 0.586. The maximum Gasteiger partial charge on any atom is 0.573 e. The lowest BCUT2D eigenvalue weighted by Crippen LogP contribution is -2.38. The summed E-state index contributed by atoms with van der Waals surface area (Å²) >= 11 is 0. The van der Waals surface area contributed by atoms with Crippen molar-refractivity contribution in [1.82, 2.24) is 8.87 Å². The first-order valence-electron chi connectivity index (χ1n) is 9.48. The van der Waals surface area contributed by atoms with Gasteiger partial charge in [-0.2, -0.15) is 4.31 Å². The molecule has 1 saturated heterocycles. The minimum Gasteiger partial charge on any atom is -0.408 e. The van der Waals surface area contributed by atoms with Crippen molar-refractivity contribution in [3.63, 3.8) is 0 Å². The van der Waals surface area contributed by atoms with Gasteiger partial charge in [-0.3, -0.25) is 4.57 Å². The monoisotopic (exact) mass is 456 g/mol. The van der Waals surface area contributed by atoms with Crippen LogP contribution in [0, 0.1) is 0 Å². The third-order valence-electron chi connectivity index (χ3n) is 5.23. The highest BCUT2D eigenvalue weighted by Crippen LogP contribution is 2.29. The van der Waals surface area contributed by atoms with Crippen LogP contribution in [-0.2, 0) is 16.6 Å². The van der Waals surface area contributed by atoms with Gasteiger partial charge in [0, 0.05) is 19.1 Å². The van der Waals surface area contributed by atoms with E-state index in [4.69, 9.17) is 4.42 Å². The van der Waals surface area contributed by atoms with Crippen LogP contribution >= 0.6 is 0 Å². The molecule has 0 bridgehead atoms. The summed E-state index contributed by atoms with van der Waals surface area (Å²) in [5.74, 6) is -0.930. The second-order valence-corrected chi connectivity index (χ2v) is 9.34. The Kier molecular flexibility index (Phi) is 5.34. The van der Waals surface area contributed by atoms with Gasteiger partial charge in [-0.1, -0.05) is 18.2 Å². The Morgan fingerprint density at radius 2 is 1.81 bits per heavy atom. The first-order valence-corrected chi connectivity index (χ1v) is 11.3. The summed E-state index contributed by atoms with van der Waals surface area (Å²) in [7, 11) is -3.39. The molecule has 0 amide bonds. The van der Waals surface area contributed by atoms with Gasteiger partial charge in [0.05, 0.1) is 11.8 Å². The van der Waals surface area contributed by atoms with E-state index >= 15 is 0 Å². The van der Waals surface area contributed by atoms with E-state index in [1.54, 1.807) is 18.2 Å². The van der Waals surface area contributed by atoms with Crippen LogP contribution in [0.25, 0.3) is 22.2 Å². The minimum atomic E-state index is -4.77. The van der Waals surface area contributed by atoms with Crippen LogP contribution in [0.15, 0.2) is 51.7 Å². The van der Waals surface area contributed by atoms with Crippen LogP contribution in [0.3, 0.4) is 0 Å². The topological polar surface area (TPSA) is 81.8 Å². The third-order valence-corrected chi connectivity index (χ3v) is 6.56. The Bertz CT molecular complexity index is 1260. The third kappa shape index (κ3) is 4.62. The van der Waals surface area contributed by atoms with Gasteiger partial charge in [0.1, 0.15) is 5.75 Å². The average Bonchev–Trinajstić information content (AvgIpc) is 3.26. The zero-order valence-electron chi connectivity index (χ0n) is 16.4. The van der Waals surface area contributed by atoms with Crippen molar-refractivity contribution in [2.24, 2.45) is 0 Å². The number of rotatable bonds is 5. The number of halogens is 3. The fourth-order valence-electron chi connectivity index (χ4n) is 3.90. The van der Waals surface area contributed by atoms with E-state index in [9.17, 15) is 26.4 Å². The van der Waals surface area contributed by atoms with Crippen molar-refractivity contribution >= 4 is 21.1 Å². The molecule has 3 aromatic rings. The van der Waals surface area contributed by atoms with Crippen molar-refractivity contribution in [3.05, 3.63) is 53.0 Å². The molecule has 0 saturated carbocycles. The normalized spacial score (nSPS) is 18.0. The number of hydrogen-bond acceptors (Lipinski definition) is 5. The number of sulfonamides is 1. The molecular weight excluding hydrogens is 437 g/mol. The summed E-state index contributed by atoms with van der Waals surface area (Å²) in [6, 6.07) is 10.0. The summed E-state index contributed by atoms with van der Waals surface area (Å²) in [5.41, 5.74) is 2.11. The highest BCUT2D eigenvalue weighted by molar-refractivity contribution is 7.88. The molecule has 7 nitrogen and oxygen atoms in total. The molecule has 1 aliphatic rings. The van der Waals surface area contributed by atoms with Crippen molar-refractivity contribution in [3.8, 4) is 16.9 Å². The number of benzene rings is 2. The summed E-state index contributed by atoms with van der Waals surface area (Å²) in [6.07, 6.45) is -2.29. The molecule has 0 aliphatic carbocycles. The smallest absolute Gasteiger partial charge is 0.408 e. The molecule has 1 aromatic heterocycles. The van der Waals surface area contributed by atoms with E-state index in [-0.39, 0.29) is 18.3 Å². The predicted molar refractivity (Wildman–Crippen MR) is 107 cm³/mol. The molecule has 1 fully saturated rings. The summed E-state index contributed by atoms with van der Waals surface area (Å²) in [5, 5.41) is 0. The summed E-state index contributed by atoms with van der Waals surface area (Å²) in [4.78, 5) is 12.4. The largest absolute Gasteiger partial charge is 0.573 e. The van der Waals surface area contributed by atoms with Crippen LogP contribution in [0.5, 0.6) is 5.75 Å². The van der Waals surface area contributed by atoms with E-state index < -0.39 is 22.1 Å². The maximum absolute atomic E-state index is 12.4. The Balaban J connectivity index is 1.66. The molecule has 1 atom stereocenters. The molecule has 2 aromatic carbocycles. The number of nitrogens with zero attached hydrogens (tertiary/aromatic N) is 2. The van der Waals surface area contributed by atoms with Crippen LogP contribution in [0.1, 0.15) is 12.8 Å². The molecule has 0 N–H and O–H groups in total. The lowest BCUT2D eigenvalue weighted by molar-refractivity contribution is -0.274. The number of aromatic nitrogens is 1. The van der Waals surface area contributed by atoms with E-state index in [2.05, 4.69) is 4.74 Å². The van der Waals surface area contributed by atoms with Gasteiger partial charge in [0.25, 0.3) is 0 Å². The standard InChI is InChI=1S/C20H19F3N2O5S/c1-31(27,28)25-10-2-3-15(25)12-24-17-11-14(6-9-18(17)29-19(24)26)13-4-7-16(8-5-13)30-20(21,22)23/h4-9,11,15H,2-3,10,12H2,1H3/t15-/m0/s1. The number of oxazole rings is 1. The van der Waals surface area contributed by atoms with Gasteiger partial charge in [0.2, 0.25) is 10.0 Å². The molecule has 11 heteroatoms. The zero-order chi connectivity index (χ0) is 22.4. The first kappa shape index (κ1) is 21.4.